The maximum Gasteiger partial charge on any atom is 0.0807 e. The minimum atomic E-state index is -0.706. The summed E-state index contributed by atoms with van der Waals surface area (Å²) >= 11 is 0. The first-order chi connectivity index (χ1) is 8.20. The Morgan fingerprint density at radius 1 is 1.06 bits per heavy atom. The lowest BCUT2D eigenvalue weighted by Gasteiger charge is -2.41. The molecule has 2 nitrogen and oxygen atoms in total. The zero-order chi connectivity index (χ0) is 13.4. The van der Waals surface area contributed by atoms with Crippen LogP contribution in [0.15, 0.2) is 11.6 Å². The average molecular weight is 252 g/mol. The first-order valence-electron chi connectivity index (χ1n) is 7.35. The summed E-state index contributed by atoms with van der Waals surface area (Å²) in [5, 5.41) is 21.0. The van der Waals surface area contributed by atoms with Crippen molar-refractivity contribution >= 4 is 0 Å². The zero-order valence-corrected chi connectivity index (χ0v) is 12.1. The third-order valence-corrected chi connectivity index (χ3v) is 4.40. The molecule has 2 rings (SSSR count). The second-order valence-corrected chi connectivity index (χ2v) is 7.64. The molecule has 1 saturated carbocycles. The van der Waals surface area contributed by atoms with Crippen LogP contribution in [0.3, 0.4) is 0 Å². The highest BCUT2D eigenvalue weighted by Crippen LogP contribution is 2.44. The van der Waals surface area contributed by atoms with Gasteiger partial charge in [0.25, 0.3) is 0 Å². The van der Waals surface area contributed by atoms with Gasteiger partial charge in [0.2, 0.25) is 0 Å². The molecule has 1 atom stereocenters. The molecule has 2 heteroatoms. The van der Waals surface area contributed by atoms with Crippen molar-refractivity contribution in [3.05, 3.63) is 11.6 Å². The zero-order valence-electron chi connectivity index (χ0n) is 12.1. The van der Waals surface area contributed by atoms with Crippen LogP contribution in [0.4, 0.5) is 0 Å². The second-order valence-electron chi connectivity index (χ2n) is 7.64. The Balaban J connectivity index is 2.10. The third-order valence-electron chi connectivity index (χ3n) is 4.40. The van der Waals surface area contributed by atoms with E-state index in [2.05, 4.69) is 13.8 Å². The Labute approximate surface area is 111 Å². The maximum absolute atomic E-state index is 10.6. The van der Waals surface area contributed by atoms with Crippen molar-refractivity contribution < 1.29 is 10.2 Å². The molecule has 0 aromatic heterocycles. The normalized spacial score (nSPS) is 35.1. The second kappa shape index (κ2) is 4.64. The van der Waals surface area contributed by atoms with Gasteiger partial charge in [-0.2, -0.15) is 0 Å². The average Bonchev–Trinajstić information content (AvgIpc) is 2.11. The molecule has 0 aromatic rings. The third kappa shape index (κ3) is 3.58. The summed E-state index contributed by atoms with van der Waals surface area (Å²) in [6.45, 7) is 6.30. The summed E-state index contributed by atoms with van der Waals surface area (Å²) in [5.41, 5.74) is 0.176. The van der Waals surface area contributed by atoms with Crippen LogP contribution in [-0.2, 0) is 0 Å². The maximum atomic E-state index is 10.6. The SMILES string of the molecule is CC1(O)C=C(CC2(O)CCCCC2)CC(C)(C)C1. The van der Waals surface area contributed by atoms with E-state index in [4.69, 9.17) is 0 Å². The highest BCUT2D eigenvalue weighted by Gasteiger charge is 2.38. The van der Waals surface area contributed by atoms with Gasteiger partial charge in [-0.1, -0.05) is 44.8 Å². The van der Waals surface area contributed by atoms with Crippen LogP contribution in [0.5, 0.6) is 0 Å². The van der Waals surface area contributed by atoms with Gasteiger partial charge in [-0.3, -0.25) is 0 Å². The predicted octanol–water partition coefficient (Wildman–Crippen LogP) is 3.57. The highest BCUT2D eigenvalue weighted by atomic mass is 16.3. The lowest BCUT2D eigenvalue weighted by atomic mass is 9.68. The first kappa shape index (κ1) is 14.1. The van der Waals surface area contributed by atoms with Crippen LogP contribution in [-0.4, -0.2) is 21.4 Å². The Morgan fingerprint density at radius 2 is 1.67 bits per heavy atom. The molecule has 1 unspecified atom stereocenters. The van der Waals surface area contributed by atoms with Crippen molar-refractivity contribution in [3.63, 3.8) is 0 Å². The molecule has 2 N–H and O–H groups in total. The largest absolute Gasteiger partial charge is 0.390 e. The summed E-state index contributed by atoms with van der Waals surface area (Å²) in [6, 6.07) is 0. The summed E-state index contributed by atoms with van der Waals surface area (Å²) in [4.78, 5) is 0. The number of hydrogen-bond donors (Lipinski definition) is 2. The predicted molar refractivity (Wildman–Crippen MR) is 74.4 cm³/mol. The van der Waals surface area contributed by atoms with Crippen molar-refractivity contribution in [1.82, 2.24) is 0 Å². The van der Waals surface area contributed by atoms with Gasteiger partial charge in [0, 0.05) is 0 Å². The van der Waals surface area contributed by atoms with E-state index in [-0.39, 0.29) is 5.41 Å². The van der Waals surface area contributed by atoms with Gasteiger partial charge in [0.15, 0.2) is 0 Å². The van der Waals surface area contributed by atoms with Gasteiger partial charge in [0.05, 0.1) is 11.2 Å². The van der Waals surface area contributed by atoms with Gasteiger partial charge in [-0.25, -0.2) is 0 Å². The van der Waals surface area contributed by atoms with Crippen molar-refractivity contribution in [2.45, 2.75) is 83.3 Å². The molecule has 0 aliphatic heterocycles. The molecule has 0 amide bonds. The van der Waals surface area contributed by atoms with E-state index in [1.165, 1.54) is 12.0 Å². The van der Waals surface area contributed by atoms with E-state index >= 15 is 0 Å². The molecule has 2 aliphatic rings. The van der Waals surface area contributed by atoms with E-state index in [9.17, 15) is 10.2 Å². The lowest BCUT2D eigenvalue weighted by Crippen LogP contribution is -2.37. The van der Waals surface area contributed by atoms with E-state index < -0.39 is 11.2 Å². The fraction of sp³-hybridized carbons (Fsp3) is 0.875. The highest BCUT2D eigenvalue weighted by molar-refractivity contribution is 5.19. The van der Waals surface area contributed by atoms with Gasteiger partial charge >= 0.3 is 0 Å². The van der Waals surface area contributed by atoms with E-state index in [1.807, 2.05) is 13.0 Å². The molecule has 104 valence electrons. The first-order valence-corrected chi connectivity index (χ1v) is 7.35. The molecule has 0 spiro atoms. The smallest absolute Gasteiger partial charge is 0.0807 e. The quantitative estimate of drug-likeness (QED) is 0.738. The van der Waals surface area contributed by atoms with Crippen molar-refractivity contribution in [2.24, 2.45) is 5.41 Å². The minimum absolute atomic E-state index is 0.138. The van der Waals surface area contributed by atoms with Crippen LogP contribution in [0.1, 0.15) is 72.1 Å². The fourth-order valence-corrected chi connectivity index (χ4v) is 4.11. The van der Waals surface area contributed by atoms with Gasteiger partial charge in [0.1, 0.15) is 0 Å². The summed E-state index contributed by atoms with van der Waals surface area (Å²) in [6.07, 6.45) is 9.96. The molecule has 2 aliphatic carbocycles. The van der Waals surface area contributed by atoms with Gasteiger partial charge in [-0.05, 0) is 44.4 Å². The monoisotopic (exact) mass is 252 g/mol. The van der Waals surface area contributed by atoms with Crippen LogP contribution < -0.4 is 0 Å². The molecule has 0 bridgehead atoms. The minimum Gasteiger partial charge on any atom is -0.390 e. The molecule has 0 heterocycles. The van der Waals surface area contributed by atoms with Gasteiger partial charge in [-0.15, -0.1) is 0 Å². The molecule has 0 aromatic carbocycles. The lowest BCUT2D eigenvalue weighted by molar-refractivity contribution is -0.00254. The number of hydrogen-bond acceptors (Lipinski definition) is 2. The Kier molecular flexibility index (Phi) is 3.63. The van der Waals surface area contributed by atoms with Gasteiger partial charge < -0.3 is 10.2 Å². The van der Waals surface area contributed by atoms with E-state index in [0.717, 1.165) is 44.9 Å². The summed E-state index contributed by atoms with van der Waals surface area (Å²) in [7, 11) is 0. The Morgan fingerprint density at radius 3 is 2.22 bits per heavy atom. The standard InChI is InChI=1S/C16H28O2/c1-14(2)9-13(10-15(3,17)12-14)11-16(18)7-5-4-6-8-16/h10,17-18H,4-9,11-12H2,1-3H3. The molecule has 18 heavy (non-hydrogen) atoms. The van der Waals surface area contributed by atoms with E-state index in [0.29, 0.717) is 0 Å². The Bertz CT molecular complexity index is 333. The molecule has 0 saturated heterocycles. The summed E-state index contributed by atoms with van der Waals surface area (Å²) < 4.78 is 0. The number of aliphatic hydroxyl groups is 2. The molecule has 0 radical (unpaired) electrons. The molecule has 1 fully saturated rings. The molecular formula is C16H28O2. The van der Waals surface area contributed by atoms with Crippen LogP contribution >= 0.6 is 0 Å². The summed E-state index contributed by atoms with van der Waals surface area (Å²) in [5.74, 6) is 0. The fourth-order valence-electron chi connectivity index (χ4n) is 4.11. The van der Waals surface area contributed by atoms with E-state index in [1.54, 1.807) is 0 Å². The number of rotatable bonds is 2. The van der Waals surface area contributed by atoms with Crippen LogP contribution in [0.25, 0.3) is 0 Å². The van der Waals surface area contributed by atoms with Crippen LogP contribution in [0, 0.1) is 5.41 Å². The molecular weight excluding hydrogens is 224 g/mol. The Hall–Kier alpha value is -0.340. The van der Waals surface area contributed by atoms with Crippen molar-refractivity contribution in [2.75, 3.05) is 0 Å². The van der Waals surface area contributed by atoms with Crippen LogP contribution in [0.2, 0.25) is 0 Å². The van der Waals surface area contributed by atoms with Crippen molar-refractivity contribution in [3.8, 4) is 0 Å². The topological polar surface area (TPSA) is 40.5 Å². The van der Waals surface area contributed by atoms with Crippen molar-refractivity contribution in [1.29, 1.82) is 0 Å².